The molecule has 0 unspecified atom stereocenters. The van der Waals surface area contributed by atoms with E-state index in [0.29, 0.717) is 31.0 Å². The number of rotatable bonds is 3. The normalized spacial score (nSPS) is 11.0. The first-order chi connectivity index (χ1) is 10.9. The van der Waals surface area contributed by atoms with Crippen molar-refractivity contribution >= 4 is 56.6 Å². The van der Waals surface area contributed by atoms with E-state index in [1.54, 1.807) is 18.2 Å². The molecule has 1 amide bonds. The van der Waals surface area contributed by atoms with E-state index in [9.17, 15) is 9.59 Å². The van der Waals surface area contributed by atoms with Gasteiger partial charge in [0.15, 0.2) is 5.82 Å². The average Bonchev–Trinajstić information content (AvgIpc) is 2.82. The predicted molar refractivity (Wildman–Crippen MR) is 92.5 cm³/mol. The molecule has 0 fully saturated rings. The van der Waals surface area contributed by atoms with Gasteiger partial charge in [0, 0.05) is 9.90 Å². The molecule has 0 saturated carbocycles. The summed E-state index contributed by atoms with van der Waals surface area (Å²) >= 11 is 13.3. The van der Waals surface area contributed by atoms with Crippen molar-refractivity contribution in [2.45, 2.75) is 6.42 Å². The lowest BCUT2D eigenvalue weighted by molar-refractivity contribution is -0.117. The van der Waals surface area contributed by atoms with Crippen LogP contribution in [0.2, 0.25) is 10.0 Å². The molecule has 23 heavy (non-hydrogen) atoms. The van der Waals surface area contributed by atoms with Crippen LogP contribution in [-0.2, 0) is 11.2 Å². The number of nitrogens with two attached hydrogens (primary N) is 2. The Morgan fingerprint density at radius 3 is 2.70 bits per heavy atom. The van der Waals surface area contributed by atoms with Crippen molar-refractivity contribution in [2.75, 3.05) is 5.73 Å². The number of nitrogens with zero attached hydrogens (tertiary/aromatic N) is 2. The van der Waals surface area contributed by atoms with E-state index in [4.69, 9.17) is 34.7 Å². The van der Waals surface area contributed by atoms with Crippen LogP contribution in [0, 0.1) is 0 Å². The maximum atomic E-state index is 12.4. The molecule has 0 saturated heterocycles. The summed E-state index contributed by atoms with van der Waals surface area (Å²) in [5.41, 5.74) is 11.4. The number of fused-ring (bicyclic) bond motifs is 1. The Balaban J connectivity index is 2.33. The summed E-state index contributed by atoms with van der Waals surface area (Å²) in [4.78, 5) is 28.8. The largest absolute Gasteiger partial charge is 0.379 e. The van der Waals surface area contributed by atoms with Gasteiger partial charge in [0.2, 0.25) is 5.91 Å². The minimum Gasteiger partial charge on any atom is -0.379 e. The van der Waals surface area contributed by atoms with Crippen LogP contribution in [0.3, 0.4) is 0 Å². The second-order valence-corrected chi connectivity index (χ2v) is 6.74. The van der Waals surface area contributed by atoms with Gasteiger partial charge in [-0.25, -0.2) is 4.98 Å². The van der Waals surface area contributed by atoms with E-state index in [-0.39, 0.29) is 12.2 Å². The quantitative estimate of drug-likeness (QED) is 0.740. The SMILES string of the molecule is NC(=O)Cc1cc2c(nc(N)c(=O)n2-c2ccc(Cl)cc2Cl)s1. The van der Waals surface area contributed by atoms with Crippen molar-refractivity contribution in [1.29, 1.82) is 0 Å². The third kappa shape index (κ3) is 2.90. The van der Waals surface area contributed by atoms with E-state index in [1.807, 2.05) is 0 Å². The standard InChI is InChI=1S/C14H10Cl2N4O2S/c15-6-1-2-9(8(16)3-6)20-10-4-7(5-11(17)21)23-13(10)19-12(18)14(20)22/h1-4H,5H2,(H2,17,21)(H2,18,19). The molecule has 3 aromatic rings. The lowest BCUT2D eigenvalue weighted by Crippen LogP contribution is -2.23. The van der Waals surface area contributed by atoms with Crippen LogP contribution in [0.4, 0.5) is 5.82 Å². The zero-order valence-electron chi connectivity index (χ0n) is 11.5. The van der Waals surface area contributed by atoms with E-state index in [0.717, 1.165) is 0 Å². The number of nitrogen functional groups attached to an aromatic ring is 1. The van der Waals surface area contributed by atoms with Gasteiger partial charge in [0.1, 0.15) is 4.83 Å². The maximum absolute atomic E-state index is 12.4. The first kappa shape index (κ1) is 15.8. The molecule has 1 aromatic carbocycles. The number of aromatic nitrogens is 2. The van der Waals surface area contributed by atoms with Gasteiger partial charge < -0.3 is 11.5 Å². The summed E-state index contributed by atoms with van der Waals surface area (Å²) in [6.45, 7) is 0. The number of benzene rings is 1. The van der Waals surface area contributed by atoms with Gasteiger partial charge in [-0.2, -0.15) is 0 Å². The minimum absolute atomic E-state index is 0.0590. The van der Waals surface area contributed by atoms with Crippen molar-refractivity contribution in [3.63, 3.8) is 0 Å². The number of amides is 1. The van der Waals surface area contributed by atoms with Crippen LogP contribution in [0.5, 0.6) is 0 Å². The number of anilines is 1. The molecular formula is C14H10Cl2N4O2S. The fourth-order valence-corrected chi connectivity index (χ4v) is 3.73. The Kier molecular flexibility index (Phi) is 4.01. The van der Waals surface area contributed by atoms with Crippen LogP contribution >= 0.6 is 34.5 Å². The molecule has 0 aliphatic carbocycles. The molecule has 0 spiro atoms. The molecule has 0 atom stereocenters. The number of primary amides is 1. The molecule has 118 valence electrons. The van der Waals surface area contributed by atoms with Crippen molar-refractivity contribution in [2.24, 2.45) is 5.73 Å². The first-order valence-corrected chi connectivity index (χ1v) is 7.98. The molecule has 0 aliphatic heterocycles. The Hall–Kier alpha value is -2.09. The summed E-state index contributed by atoms with van der Waals surface area (Å²) in [6.07, 6.45) is 0.0590. The average molecular weight is 369 g/mol. The number of hydrogen-bond acceptors (Lipinski definition) is 5. The predicted octanol–water partition coefficient (Wildman–Crippen LogP) is 2.36. The molecule has 3 rings (SSSR count). The monoisotopic (exact) mass is 368 g/mol. The highest BCUT2D eigenvalue weighted by Crippen LogP contribution is 2.29. The van der Waals surface area contributed by atoms with Gasteiger partial charge in [-0.05, 0) is 24.3 Å². The molecule has 0 bridgehead atoms. The molecule has 0 aliphatic rings. The molecule has 2 aromatic heterocycles. The highest BCUT2D eigenvalue weighted by atomic mass is 35.5. The first-order valence-electron chi connectivity index (χ1n) is 6.41. The van der Waals surface area contributed by atoms with Crippen LogP contribution in [0.15, 0.2) is 29.1 Å². The lowest BCUT2D eigenvalue weighted by Gasteiger charge is -2.10. The number of carbonyl (C=O) groups excluding carboxylic acids is 1. The summed E-state index contributed by atoms with van der Waals surface area (Å²) in [5.74, 6) is -0.626. The van der Waals surface area contributed by atoms with Gasteiger partial charge >= 0.3 is 0 Å². The minimum atomic E-state index is -0.495. The molecule has 9 heteroatoms. The number of thiophene rings is 1. The zero-order chi connectivity index (χ0) is 16.7. The Labute approximate surface area is 144 Å². The zero-order valence-corrected chi connectivity index (χ0v) is 13.9. The Morgan fingerprint density at radius 2 is 2.04 bits per heavy atom. The summed E-state index contributed by atoms with van der Waals surface area (Å²) in [7, 11) is 0. The van der Waals surface area contributed by atoms with Crippen molar-refractivity contribution in [3.8, 4) is 5.69 Å². The Morgan fingerprint density at radius 1 is 1.30 bits per heavy atom. The van der Waals surface area contributed by atoms with Crippen LogP contribution in [0.1, 0.15) is 4.88 Å². The Bertz CT molecular complexity index is 996. The molecule has 0 radical (unpaired) electrons. The second kappa shape index (κ2) is 5.84. The van der Waals surface area contributed by atoms with Crippen LogP contribution < -0.4 is 17.0 Å². The van der Waals surface area contributed by atoms with Crippen LogP contribution in [0.25, 0.3) is 16.0 Å². The lowest BCUT2D eigenvalue weighted by atomic mass is 10.3. The number of carbonyl (C=O) groups is 1. The molecular weight excluding hydrogens is 359 g/mol. The van der Waals surface area contributed by atoms with Crippen LogP contribution in [-0.4, -0.2) is 15.5 Å². The fraction of sp³-hybridized carbons (Fsp3) is 0.0714. The van der Waals surface area contributed by atoms with Gasteiger partial charge in [-0.3, -0.25) is 14.2 Å². The van der Waals surface area contributed by atoms with E-state index < -0.39 is 11.5 Å². The van der Waals surface area contributed by atoms with Gasteiger partial charge in [0.25, 0.3) is 5.56 Å². The summed E-state index contributed by atoms with van der Waals surface area (Å²) in [5, 5.41) is 0.749. The van der Waals surface area contributed by atoms with Crippen molar-refractivity contribution in [1.82, 2.24) is 9.55 Å². The van der Waals surface area contributed by atoms with Gasteiger partial charge in [-0.1, -0.05) is 23.2 Å². The third-order valence-electron chi connectivity index (χ3n) is 3.13. The van der Waals surface area contributed by atoms with Gasteiger partial charge in [-0.15, -0.1) is 11.3 Å². The van der Waals surface area contributed by atoms with E-state index in [1.165, 1.54) is 22.0 Å². The number of hydrogen-bond donors (Lipinski definition) is 2. The molecule has 2 heterocycles. The molecule has 6 nitrogen and oxygen atoms in total. The third-order valence-corrected chi connectivity index (χ3v) is 4.68. The highest BCUT2D eigenvalue weighted by molar-refractivity contribution is 7.18. The maximum Gasteiger partial charge on any atom is 0.298 e. The van der Waals surface area contributed by atoms with Crippen molar-refractivity contribution in [3.05, 3.63) is 49.5 Å². The summed E-state index contributed by atoms with van der Waals surface area (Å²) < 4.78 is 1.36. The van der Waals surface area contributed by atoms with E-state index >= 15 is 0 Å². The summed E-state index contributed by atoms with van der Waals surface area (Å²) in [6, 6.07) is 6.46. The highest BCUT2D eigenvalue weighted by Gasteiger charge is 2.16. The van der Waals surface area contributed by atoms with Crippen molar-refractivity contribution < 1.29 is 4.79 Å². The molecule has 4 N–H and O–H groups in total. The smallest absolute Gasteiger partial charge is 0.298 e. The topological polar surface area (TPSA) is 104 Å². The van der Waals surface area contributed by atoms with E-state index in [2.05, 4.69) is 4.98 Å². The van der Waals surface area contributed by atoms with Gasteiger partial charge in [0.05, 0.1) is 22.6 Å². The fourth-order valence-electron chi connectivity index (χ4n) is 2.20. The second-order valence-electron chi connectivity index (χ2n) is 4.78. The number of halogens is 2.